The lowest BCUT2D eigenvalue weighted by Gasteiger charge is -2.07. The monoisotopic (exact) mass is 218 g/mol. The Balaban J connectivity index is 2.15. The number of aryl methyl sites for hydroxylation is 2. The van der Waals surface area contributed by atoms with Crippen LogP contribution in [0.25, 0.3) is 0 Å². The summed E-state index contributed by atoms with van der Waals surface area (Å²) in [5, 5.41) is 0. The molecule has 1 atom stereocenters. The molecule has 3 nitrogen and oxygen atoms in total. The van der Waals surface area contributed by atoms with Crippen LogP contribution in [0.2, 0.25) is 0 Å². The molecule has 0 radical (unpaired) electrons. The van der Waals surface area contributed by atoms with E-state index in [4.69, 9.17) is 0 Å². The molecule has 1 saturated heterocycles. The zero-order valence-electron chi connectivity index (χ0n) is 9.45. The van der Waals surface area contributed by atoms with E-state index in [9.17, 15) is 9.59 Å². The molecule has 3 heteroatoms. The molecule has 0 amide bonds. The van der Waals surface area contributed by atoms with Crippen LogP contribution in [-0.2, 0) is 20.7 Å². The summed E-state index contributed by atoms with van der Waals surface area (Å²) in [5.74, 6) is -1.09. The molecule has 1 heterocycles. The Morgan fingerprint density at radius 2 is 1.81 bits per heavy atom. The average Bonchev–Trinajstić information content (AvgIpc) is 2.43. The highest BCUT2D eigenvalue weighted by Crippen LogP contribution is 2.22. The minimum atomic E-state index is -0.403. The van der Waals surface area contributed by atoms with Crippen molar-refractivity contribution in [1.82, 2.24) is 0 Å². The lowest BCUT2D eigenvalue weighted by Crippen LogP contribution is -2.10. The minimum absolute atomic E-state index is 0.214. The van der Waals surface area contributed by atoms with Crippen molar-refractivity contribution in [2.45, 2.75) is 26.7 Å². The summed E-state index contributed by atoms with van der Waals surface area (Å²) >= 11 is 0. The van der Waals surface area contributed by atoms with Crippen LogP contribution in [0.1, 0.15) is 23.1 Å². The average molecular weight is 218 g/mol. The van der Waals surface area contributed by atoms with Gasteiger partial charge in [0.25, 0.3) is 0 Å². The van der Waals surface area contributed by atoms with Crippen molar-refractivity contribution in [1.29, 1.82) is 0 Å². The Morgan fingerprint density at radius 1 is 1.19 bits per heavy atom. The van der Waals surface area contributed by atoms with Gasteiger partial charge < -0.3 is 4.74 Å². The van der Waals surface area contributed by atoms with Crippen LogP contribution in [0.3, 0.4) is 0 Å². The second-order valence-electron chi connectivity index (χ2n) is 4.39. The van der Waals surface area contributed by atoms with E-state index in [0.717, 1.165) is 5.56 Å². The maximum Gasteiger partial charge on any atom is 0.317 e. The number of hydrogen-bond acceptors (Lipinski definition) is 3. The smallest absolute Gasteiger partial charge is 0.317 e. The summed E-state index contributed by atoms with van der Waals surface area (Å²) in [4.78, 5) is 22.3. The number of esters is 2. The van der Waals surface area contributed by atoms with Gasteiger partial charge in [0, 0.05) is 0 Å². The number of benzene rings is 1. The first-order valence-corrected chi connectivity index (χ1v) is 5.36. The number of ether oxygens (including phenoxy) is 1. The van der Waals surface area contributed by atoms with Crippen LogP contribution in [0.15, 0.2) is 18.2 Å². The van der Waals surface area contributed by atoms with Crippen LogP contribution in [-0.4, -0.2) is 11.9 Å². The number of cyclic esters (lactones) is 2. The Morgan fingerprint density at radius 3 is 2.31 bits per heavy atom. The highest BCUT2D eigenvalue weighted by molar-refractivity contribution is 5.94. The molecule has 84 valence electrons. The van der Waals surface area contributed by atoms with E-state index in [2.05, 4.69) is 10.8 Å². The fraction of sp³-hybridized carbons (Fsp3) is 0.385. The van der Waals surface area contributed by atoms with Gasteiger partial charge in [-0.05, 0) is 25.8 Å². The van der Waals surface area contributed by atoms with Gasteiger partial charge in [-0.3, -0.25) is 9.59 Å². The van der Waals surface area contributed by atoms with Crippen molar-refractivity contribution in [3.8, 4) is 0 Å². The summed E-state index contributed by atoms with van der Waals surface area (Å²) < 4.78 is 4.53. The van der Waals surface area contributed by atoms with Crippen molar-refractivity contribution in [2.75, 3.05) is 0 Å². The second kappa shape index (κ2) is 4.08. The normalized spacial score (nSPS) is 20.0. The highest BCUT2D eigenvalue weighted by Gasteiger charge is 2.33. The van der Waals surface area contributed by atoms with Gasteiger partial charge in [0.2, 0.25) is 0 Å². The molecular weight excluding hydrogens is 204 g/mol. The Hall–Kier alpha value is -1.64. The number of hydrogen-bond donors (Lipinski definition) is 0. The minimum Gasteiger partial charge on any atom is -0.393 e. The number of carbonyl (C=O) groups is 2. The van der Waals surface area contributed by atoms with Crippen molar-refractivity contribution in [2.24, 2.45) is 5.92 Å². The standard InChI is InChI=1S/C13H14O3/c1-8-3-9(2)5-10(4-8)6-11-7-12(14)16-13(11)15/h3-5,11H,6-7H2,1-2H3/t11-/m0/s1. The third kappa shape index (κ3) is 2.30. The van der Waals surface area contributed by atoms with Gasteiger partial charge in [-0.2, -0.15) is 0 Å². The molecule has 1 aliphatic rings. The highest BCUT2D eigenvalue weighted by atomic mass is 16.6. The van der Waals surface area contributed by atoms with Crippen molar-refractivity contribution in [3.05, 3.63) is 34.9 Å². The lowest BCUT2D eigenvalue weighted by atomic mass is 9.96. The molecule has 1 aromatic carbocycles. The molecule has 0 saturated carbocycles. The van der Waals surface area contributed by atoms with Gasteiger partial charge in [0.15, 0.2) is 0 Å². The van der Waals surface area contributed by atoms with E-state index in [1.165, 1.54) is 11.1 Å². The quantitative estimate of drug-likeness (QED) is 0.562. The molecule has 0 N–H and O–H groups in total. The van der Waals surface area contributed by atoms with Crippen molar-refractivity contribution in [3.63, 3.8) is 0 Å². The Labute approximate surface area is 94.4 Å². The van der Waals surface area contributed by atoms with E-state index in [1.54, 1.807) is 0 Å². The molecule has 0 unspecified atom stereocenters. The fourth-order valence-corrected chi connectivity index (χ4v) is 2.15. The summed E-state index contributed by atoms with van der Waals surface area (Å²) in [5.41, 5.74) is 3.44. The zero-order chi connectivity index (χ0) is 11.7. The van der Waals surface area contributed by atoms with Crippen LogP contribution < -0.4 is 0 Å². The van der Waals surface area contributed by atoms with E-state index in [-0.39, 0.29) is 18.3 Å². The van der Waals surface area contributed by atoms with E-state index in [0.29, 0.717) is 6.42 Å². The largest absolute Gasteiger partial charge is 0.393 e. The maximum atomic E-state index is 11.3. The Kier molecular flexibility index (Phi) is 2.77. The number of rotatable bonds is 2. The predicted molar refractivity (Wildman–Crippen MR) is 58.8 cm³/mol. The van der Waals surface area contributed by atoms with E-state index >= 15 is 0 Å². The van der Waals surface area contributed by atoms with Crippen molar-refractivity contribution >= 4 is 11.9 Å². The van der Waals surface area contributed by atoms with Crippen LogP contribution in [0, 0.1) is 19.8 Å². The molecule has 0 bridgehead atoms. The van der Waals surface area contributed by atoms with Crippen LogP contribution in [0.4, 0.5) is 0 Å². The van der Waals surface area contributed by atoms with E-state index < -0.39 is 5.97 Å². The molecule has 1 aliphatic heterocycles. The van der Waals surface area contributed by atoms with Gasteiger partial charge in [0.1, 0.15) is 0 Å². The fourth-order valence-electron chi connectivity index (χ4n) is 2.15. The lowest BCUT2D eigenvalue weighted by molar-refractivity contribution is -0.153. The molecule has 2 rings (SSSR count). The SMILES string of the molecule is Cc1cc(C)cc(C[C@H]2CC(=O)OC2=O)c1. The molecular formula is C13H14O3. The van der Waals surface area contributed by atoms with Gasteiger partial charge >= 0.3 is 11.9 Å². The topological polar surface area (TPSA) is 43.4 Å². The first kappa shape index (κ1) is 10.9. The first-order chi connectivity index (χ1) is 7.54. The maximum absolute atomic E-state index is 11.3. The number of carbonyl (C=O) groups excluding carboxylic acids is 2. The summed E-state index contributed by atoms with van der Waals surface area (Å²) in [7, 11) is 0. The molecule has 0 spiro atoms. The zero-order valence-corrected chi connectivity index (χ0v) is 9.45. The first-order valence-electron chi connectivity index (χ1n) is 5.36. The molecule has 0 aromatic heterocycles. The molecule has 1 aromatic rings. The Bertz CT molecular complexity index is 428. The second-order valence-corrected chi connectivity index (χ2v) is 4.39. The summed E-state index contributed by atoms with van der Waals surface area (Å²) in [6, 6.07) is 6.17. The van der Waals surface area contributed by atoms with Crippen LogP contribution in [0.5, 0.6) is 0 Å². The predicted octanol–water partition coefficient (Wildman–Crippen LogP) is 1.94. The summed E-state index contributed by atoms with van der Waals surface area (Å²) in [6.45, 7) is 4.04. The molecule has 1 fully saturated rings. The third-order valence-corrected chi connectivity index (χ3v) is 2.72. The van der Waals surface area contributed by atoms with E-state index in [1.807, 2.05) is 26.0 Å². The van der Waals surface area contributed by atoms with Crippen LogP contribution >= 0.6 is 0 Å². The van der Waals surface area contributed by atoms with Gasteiger partial charge in [-0.1, -0.05) is 29.3 Å². The summed E-state index contributed by atoms with van der Waals surface area (Å²) in [6.07, 6.45) is 0.804. The molecule has 0 aliphatic carbocycles. The van der Waals surface area contributed by atoms with Gasteiger partial charge in [-0.25, -0.2) is 0 Å². The van der Waals surface area contributed by atoms with Crippen molar-refractivity contribution < 1.29 is 14.3 Å². The van der Waals surface area contributed by atoms with Gasteiger partial charge in [-0.15, -0.1) is 0 Å². The third-order valence-electron chi connectivity index (χ3n) is 2.72. The van der Waals surface area contributed by atoms with Gasteiger partial charge in [0.05, 0.1) is 12.3 Å². The molecule has 16 heavy (non-hydrogen) atoms.